The fourth-order valence-electron chi connectivity index (χ4n) is 2.79. The Labute approximate surface area is 174 Å². The van der Waals surface area contributed by atoms with Gasteiger partial charge in [0, 0.05) is 13.2 Å². The number of rotatable bonds is 6. The van der Waals surface area contributed by atoms with Gasteiger partial charge in [-0.25, -0.2) is 13.4 Å². The fourth-order valence-corrected chi connectivity index (χ4v) is 4.08. The molecule has 0 N–H and O–H groups in total. The van der Waals surface area contributed by atoms with Crippen LogP contribution in [0.1, 0.15) is 36.9 Å². The third kappa shape index (κ3) is 4.09. The van der Waals surface area contributed by atoms with E-state index in [1.807, 2.05) is 0 Å². The minimum Gasteiger partial charge on any atom is -0.326 e. The van der Waals surface area contributed by atoms with Crippen molar-refractivity contribution in [1.82, 2.24) is 14.5 Å². The molecule has 0 aliphatic heterocycles. The van der Waals surface area contributed by atoms with Gasteiger partial charge in [0.25, 0.3) is 0 Å². The second-order valence-corrected chi connectivity index (χ2v) is 9.58. The third-order valence-corrected chi connectivity index (χ3v) is 6.89. The molecule has 0 aromatic carbocycles. The van der Waals surface area contributed by atoms with Crippen LogP contribution in [0.2, 0.25) is 0 Å². The van der Waals surface area contributed by atoms with Crippen LogP contribution in [0.15, 0.2) is 28.4 Å². The Morgan fingerprint density at radius 2 is 1.87 bits per heavy atom. The lowest BCUT2D eigenvalue weighted by Gasteiger charge is -2.18. The van der Waals surface area contributed by atoms with Gasteiger partial charge in [-0.1, -0.05) is 18.5 Å². The number of hydrogen-bond donors (Lipinski definition) is 0. The number of imidazole rings is 1. The summed E-state index contributed by atoms with van der Waals surface area (Å²) in [4.78, 5) is 8.15. The predicted octanol–water partition coefficient (Wildman–Crippen LogP) is 4.93. The van der Waals surface area contributed by atoms with Gasteiger partial charge >= 0.3 is 12.1 Å². The Morgan fingerprint density at radius 3 is 2.40 bits per heavy atom. The van der Waals surface area contributed by atoms with Gasteiger partial charge in [-0.3, -0.25) is 4.98 Å². The van der Waals surface area contributed by atoms with E-state index in [0.717, 1.165) is 29.2 Å². The van der Waals surface area contributed by atoms with Crippen LogP contribution in [0.3, 0.4) is 0 Å². The Morgan fingerprint density at radius 1 is 1.23 bits per heavy atom. The van der Waals surface area contributed by atoms with Gasteiger partial charge in [0.05, 0.1) is 27.6 Å². The number of pyridine rings is 1. The van der Waals surface area contributed by atoms with E-state index < -0.39 is 27.0 Å². The Kier molecular flexibility index (Phi) is 5.74. The maximum atomic E-state index is 13.4. The van der Waals surface area contributed by atoms with Crippen LogP contribution < -0.4 is 0 Å². The summed E-state index contributed by atoms with van der Waals surface area (Å²) in [5.41, 5.74) is 0.585. The van der Waals surface area contributed by atoms with Crippen molar-refractivity contribution < 1.29 is 30.4 Å². The van der Waals surface area contributed by atoms with Crippen LogP contribution in [-0.4, -0.2) is 40.8 Å². The molecule has 0 amide bonds. The van der Waals surface area contributed by atoms with Crippen molar-refractivity contribution in [3.8, 4) is 11.5 Å². The van der Waals surface area contributed by atoms with E-state index in [1.165, 1.54) is 26.2 Å². The van der Waals surface area contributed by atoms with Crippen molar-refractivity contribution in [2.45, 2.75) is 42.7 Å². The summed E-state index contributed by atoms with van der Waals surface area (Å²) >= 11 is 5.25. The molecule has 0 atom stereocenters. The molecule has 2 heterocycles. The largest absolute Gasteiger partial charge is 0.459 e. The van der Waals surface area contributed by atoms with Gasteiger partial charge in [-0.2, -0.15) is 22.0 Å². The molecule has 3 rings (SSSR count). The highest BCUT2D eigenvalue weighted by Gasteiger charge is 2.59. The average molecular weight is 470 g/mol. The van der Waals surface area contributed by atoms with E-state index in [4.69, 9.17) is 11.6 Å². The number of alkyl halides is 5. The molecule has 0 unspecified atom stereocenters. The minimum atomic E-state index is -5.86. The Bertz CT molecular complexity index is 1110. The summed E-state index contributed by atoms with van der Waals surface area (Å²) in [5, 5.41) is -1.73. The minimum absolute atomic E-state index is 0.00425. The van der Waals surface area contributed by atoms with Crippen LogP contribution in [0, 0.1) is 0 Å². The van der Waals surface area contributed by atoms with E-state index >= 15 is 0 Å². The smallest absolute Gasteiger partial charge is 0.326 e. The molecule has 0 radical (unpaired) electrons. The Hall–Kier alpha value is -2.01. The van der Waals surface area contributed by atoms with Gasteiger partial charge in [0.1, 0.15) is 5.69 Å². The molecule has 0 spiro atoms. The summed E-state index contributed by atoms with van der Waals surface area (Å²) in [5.74, 6) is -5.20. The van der Waals surface area contributed by atoms with E-state index in [2.05, 4.69) is 9.97 Å². The molecule has 1 aliphatic carbocycles. The number of halogens is 6. The van der Waals surface area contributed by atoms with Crippen molar-refractivity contribution in [3.63, 3.8) is 0 Å². The molecule has 1 aliphatic rings. The van der Waals surface area contributed by atoms with Crippen LogP contribution >= 0.6 is 11.6 Å². The number of allylic oxidation sites excluding steroid dienone is 1. The van der Waals surface area contributed by atoms with Crippen LogP contribution in [0.25, 0.3) is 17.6 Å². The van der Waals surface area contributed by atoms with Gasteiger partial charge < -0.3 is 4.57 Å². The first kappa shape index (κ1) is 22.7. The lowest BCUT2D eigenvalue weighted by Crippen LogP contribution is -2.36. The summed E-state index contributed by atoms with van der Waals surface area (Å²) in [7, 11) is -2.37. The highest BCUT2D eigenvalue weighted by atomic mass is 35.5. The normalized spacial score (nSPS) is 16.2. The average Bonchev–Trinajstić information content (AvgIpc) is 3.45. The van der Waals surface area contributed by atoms with Crippen molar-refractivity contribution >= 4 is 27.5 Å². The molecule has 0 bridgehead atoms. The zero-order chi connectivity index (χ0) is 22.5. The number of sulfone groups is 1. The number of nitrogens with zero attached hydrogens (tertiary/aromatic N) is 3. The van der Waals surface area contributed by atoms with Gasteiger partial charge in [-0.05, 0) is 36.5 Å². The topological polar surface area (TPSA) is 64.8 Å². The first-order valence-electron chi connectivity index (χ1n) is 8.86. The number of hydrogen-bond acceptors (Lipinski definition) is 4. The monoisotopic (exact) mass is 469 g/mol. The molecule has 0 saturated heterocycles. The highest BCUT2D eigenvalue weighted by Crippen LogP contribution is 2.44. The first-order chi connectivity index (χ1) is 13.8. The molecule has 2 aromatic rings. The molecule has 12 heteroatoms. The summed E-state index contributed by atoms with van der Waals surface area (Å²) < 4.78 is 90.7. The van der Waals surface area contributed by atoms with Crippen molar-refractivity contribution in [2.24, 2.45) is 7.05 Å². The number of aromatic nitrogens is 3. The van der Waals surface area contributed by atoms with Gasteiger partial charge in [0.2, 0.25) is 0 Å². The molecule has 1 saturated carbocycles. The maximum absolute atomic E-state index is 13.4. The van der Waals surface area contributed by atoms with E-state index in [1.54, 1.807) is 0 Å². The first-order valence-corrected chi connectivity index (χ1v) is 10.9. The quantitative estimate of drug-likeness (QED) is 0.563. The standard InChI is InChI=1S/C18H17ClF5N3O2S/c1-3-30(28,29)13-6-11(10-4-5-10)8-25-15(13)16-26-9-12(27(16)2)7-14(19)17(20,21)18(22,23)24/h6-10H,3-5H2,1-2H3/b14-7-. The second-order valence-electron chi connectivity index (χ2n) is 6.92. The van der Waals surface area contributed by atoms with E-state index in [0.29, 0.717) is 6.08 Å². The summed E-state index contributed by atoms with van der Waals surface area (Å²) in [6.07, 6.45) is -1.02. The molecule has 2 aromatic heterocycles. The predicted molar refractivity (Wildman–Crippen MR) is 101 cm³/mol. The van der Waals surface area contributed by atoms with Crippen molar-refractivity contribution in [2.75, 3.05) is 5.75 Å². The van der Waals surface area contributed by atoms with Gasteiger partial charge in [-0.15, -0.1) is 0 Å². The zero-order valence-electron chi connectivity index (χ0n) is 15.8. The van der Waals surface area contributed by atoms with E-state index in [9.17, 15) is 30.4 Å². The molecular weight excluding hydrogens is 453 g/mol. The second kappa shape index (κ2) is 7.60. The zero-order valence-corrected chi connectivity index (χ0v) is 17.4. The summed E-state index contributed by atoms with van der Waals surface area (Å²) in [6, 6.07) is 1.52. The highest BCUT2D eigenvalue weighted by molar-refractivity contribution is 7.91. The van der Waals surface area contributed by atoms with Crippen LogP contribution in [0.5, 0.6) is 0 Å². The fraction of sp³-hybridized carbons (Fsp3) is 0.444. The molecular formula is C18H17ClF5N3O2S. The molecule has 164 valence electrons. The van der Waals surface area contributed by atoms with E-state index in [-0.39, 0.29) is 33.8 Å². The van der Waals surface area contributed by atoms with Crippen LogP contribution in [0.4, 0.5) is 22.0 Å². The molecule has 30 heavy (non-hydrogen) atoms. The van der Waals surface area contributed by atoms with Crippen molar-refractivity contribution in [3.05, 3.63) is 34.7 Å². The SMILES string of the molecule is CCS(=O)(=O)c1cc(C2CC2)cnc1-c1ncc(/C=C(\Cl)C(F)(F)C(F)(F)F)n1C. The third-order valence-electron chi connectivity index (χ3n) is 4.80. The maximum Gasteiger partial charge on any atom is 0.459 e. The molecule has 5 nitrogen and oxygen atoms in total. The Balaban J connectivity index is 2.09. The van der Waals surface area contributed by atoms with Crippen LogP contribution in [-0.2, 0) is 16.9 Å². The lowest BCUT2D eigenvalue weighted by atomic mass is 10.2. The van der Waals surface area contributed by atoms with Gasteiger partial charge in [0.15, 0.2) is 15.7 Å². The van der Waals surface area contributed by atoms with Crippen molar-refractivity contribution in [1.29, 1.82) is 0 Å². The summed E-state index contributed by atoms with van der Waals surface area (Å²) in [6.45, 7) is 1.47. The molecule has 1 fully saturated rings. The lowest BCUT2D eigenvalue weighted by molar-refractivity contribution is -0.261.